The maximum absolute atomic E-state index is 14.3. The quantitative estimate of drug-likeness (QED) is 0.438. The Morgan fingerprint density at radius 1 is 0.914 bits per heavy atom. The molecule has 4 fully saturated rings. The van der Waals surface area contributed by atoms with E-state index in [1.165, 1.54) is 18.4 Å². The smallest absolute Gasteiger partial charge is 0.159 e. The Balaban J connectivity index is 1.58. The predicted octanol–water partition coefficient (Wildman–Crippen LogP) is 5.87. The van der Waals surface area contributed by atoms with E-state index in [0.717, 1.165) is 44.9 Å². The minimum absolute atomic E-state index is 0.0147. The van der Waals surface area contributed by atoms with E-state index in [1.54, 1.807) is 0 Å². The van der Waals surface area contributed by atoms with Gasteiger partial charge in [0.05, 0.1) is 6.73 Å². The Bertz CT molecular complexity index is 926. The van der Waals surface area contributed by atoms with Gasteiger partial charge < -0.3 is 10.2 Å². The Labute approximate surface area is 213 Å². The molecule has 5 rings (SSSR count). The van der Waals surface area contributed by atoms with Gasteiger partial charge in [0.2, 0.25) is 0 Å². The van der Waals surface area contributed by atoms with Crippen molar-refractivity contribution in [3.8, 4) is 0 Å². The van der Waals surface area contributed by atoms with Gasteiger partial charge in [-0.25, -0.2) is 0 Å². The van der Waals surface area contributed by atoms with Crippen LogP contribution in [0, 0.1) is 50.2 Å². The minimum Gasteiger partial charge on any atom is -0.396 e. The van der Waals surface area contributed by atoms with E-state index >= 15 is 0 Å². The maximum atomic E-state index is 14.3. The van der Waals surface area contributed by atoms with Crippen molar-refractivity contribution in [3.05, 3.63) is 11.6 Å². The highest BCUT2D eigenvalue weighted by atomic mass is 16.3. The molecule has 0 spiro atoms. The van der Waals surface area contributed by atoms with Gasteiger partial charge >= 0.3 is 0 Å². The molecule has 0 aromatic heterocycles. The Hall–Kier alpha value is -0.710. The number of allylic oxidation sites excluding steroid dienone is 2. The zero-order valence-corrected chi connectivity index (χ0v) is 23.5. The van der Waals surface area contributed by atoms with Crippen LogP contribution >= 0.6 is 0 Å². The van der Waals surface area contributed by atoms with Crippen LogP contribution in [0.3, 0.4) is 0 Å². The van der Waals surface area contributed by atoms with Crippen LogP contribution in [0.1, 0.15) is 106 Å². The van der Waals surface area contributed by atoms with Crippen LogP contribution in [-0.4, -0.2) is 35.4 Å². The largest absolute Gasteiger partial charge is 0.396 e. The summed E-state index contributed by atoms with van der Waals surface area (Å²) in [7, 11) is 0. The lowest BCUT2D eigenvalue weighted by atomic mass is 9.33. The van der Waals surface area contributed by atoms with Gasteiger partial charge in [-0.1, -0.05) is 54.0 Å². The molecule has 4 saturated carbocycles. The lowest BCUT2D eigenvalue weighted by Gasteiger charge is -2.70. The Morgan fingerprint density at radius 3 is 2.26 bits per heavy atom. The zero-order chi connectivity index (χ0) is 25.7. The summed E-state index contributed by atoms with van der Waals surface area (Å²) < 4.78 is 0. The third-order valence-corrected chi connectivity index (χ3v) is 13.4. The van der Waals surface area contributed by atoms with Crippen molar-refractivity contribution < 1.29 is 15.0 Å². The van der Waals surface area contributed by atoms with Gasteiger partial charge in [0.1, 0.15) is 0 Å². The van der Waals surface area contributed by atoms with E-state index in [1.807, 2.05) is 0 Å². The van der Waals surface area contributed by atoms with Crippen molar-refractivity contribution >= 4 is 5.78 Å². The van der Waals surface area contributed by atoms with Gasteiger partial charge in [0.15, 0.2) is 5.78 Å². The molecule has 198 valence electrons. The van der Waals surface area contributed by atoms with Crippen LogP contribution in [0.15, 0.2) is 11.6 Å². The van der Waals surface area contributed by atoms with Crippen LogP contribution < -0.4 is 5.32 Å². The highest BCUT2D eigenvalue weighted by molar-refractivity contribution is 5.95. The number of hydrogen-bond acceptors (Lipinski definition) is 4. The van der Waals surface area contributed by atoms with Crippen LogP contribution in [0.25, 0.3) is 0 Å². The second-order valence-electron chi connectivity index (χ2n) is 15.4. The lowest BCUT2D eigenvalue weighted by Crippen LogP contribution is -2.67. The van der Waals surface area contributed by atoms with E-state index in [4.69, 9.17) is 0 Å². The second kappa shape index (κ2) is 7.90. The third kappa shape index (κ3) is 3.31. The van der Waals surface area contributed by atoms with E-state index in [0.29, 0.717) is 23.7 Å². The molecule has 0 amide bonds. The molecule has 0 heterocycles. The molecule has 0 bridgehead atoms. The molecule has 3 N–H and O–H groups in total. The summed E-state index contributed by atoms with van der Waals surface area (Å²) in [6, 6.07) is 0.295. The number of nitrogens with one attached hydrogen (secondary N) is 1. The fraction of sp³-hybridized carbons (Fsp3) is 0.903. The molecule has 0 aromatic rings. The number of carbonyl (C=O) groups excluding carboxylic acids is 1. The number of aliphatic hydroxyl groups excluding tert-OH is 2. The third-order valence-electron chi connectivity index (χ3n) is 13.4. The first kappa shape index (κ1) is 25.9. The monoisotopic (exact) mass is 485 g/mol. The van der Waals surface area contributed by atoms with Crippen molar-refractivity contribution in [2.45, 2.75) is 112 Å². The van der Waals surface area contributed by atoms with E-state index < -0.39 is 0 Å². The minimum atomic E-state index is -0.0319. The molecular formula is C31H51NO3. The van der Waals surface area contributed by atoms with Gasteiger partial charge in [-0.3, -0.25) is 10.1 Å². The highest BCUT2D eigenvalue weighted by Gasteiger charge is 2.70. The van der Waals surface area contributed by atoms with Gasteiger partial charge in [-0.15, -0.1) is 0 Å². The van der Waals surface area contributed by atoms with Crippen LogP contribution in [0.2, 0.25) is 0 Å². The predicted molar refractivity (Wildman–Crippen MR) is 141 cm³/mol. The van der Waals surface area contributed by atoms with Crippen molar-refractivity contribution in [2.75, 3.05) is 13.3 Å². The molecule has 0 radical (unpaired) electrons. The summed E-state index contributed by atoms with van der Waals surface area (Å²) in [5, 5.41) is 23.2. The summed E-state index contributed by atoms with van der Waals surface area (Å²) in [6.45, 7) is 17.1. The second-order valence-corrected chi connectivity index (χ2v) is 15.4. The first-order valence-corrected chi connectivity index (χ1v) is 14.4. The molecule has 0 aromatic carbocycles. The van der Waals surface area contributed by atoms with Crippen LogP contribution in [-0.2, 0) is 4.79 Å². The molecule has 0 saturated heterocycles. The fourth-order valence-electron chi connectivity index (χ4n) is 10.9. The first-order valence-electron chi connectivity index (χ1n) is 14.4. The van der Waals surface area contributed by atoms with Gasteiger partial charge in [-0.2, -0.15) is 0 Å². The fourth-order valence-corrected chi connectivity index (χ4v) is 10.9. The van der Waals surface area contributed by atoms with E-state index in [9.17, 15) is 15.0 Å². The average Bonchev–Trinajstić information content (AvgIpc) is 2.78. The Morgan fingerprint density at radius 2 is 1.60 bits per heavy atom. The number of rotatable bonds is 3. The highest BCUT2D eigenvalue weighted by Crippen LogP contribution is 2.75. The number of ketones is 1. The number of aliphatic hydroxyl groups is 2. The molecular weight excluding hydrogens is 434 g/mol. The summed E-state index contributed by atoms with van der Waals surface area (Å²) in [6.07, 6.45) is 12.2. The standard InChI is InChI=1S/C31H51NO3/c1-26(2)23-8-11-31(7)25(29(23,5)10-9-24(26)32-19-34)22(35)16-20-21-17-27(3,18-33)12-13-28(21,4)14-15-30(20,31)6/h16,21,23-25,32-34H,8-15,17-19H2,1-7H3/t21-,23-,24-,25+,27+,28+,29-,30+,31+/m0/s1. The molecule has 9 atom stereocenters. The molecule has 4 heteroatoms. The Kier molecular flexibility index (Phi) is 5.85. The average molecular weight is 486 g/mol. The molecule has 35 heavy (non-hydrogen) atoms. The van der Waals surface area contributed by atoms with Crippen molar-refractivity contribution in [2.24, 2.45) is 50.2 Å². The van der Waals surface area contributed by atoms with Crippen molar-refractivity contribution in [1.29, 1.82) is 0 Å². The van der Waals surface area contributed by atoms with Gasteiger partial charge in [0, 0.05) is 18.6 Å². The zero-order valence-electron chi connectivity index (χ0n) is 23.5. The molecule has 5 aliphatic rings. The molecule has 5 aliphatic carbocycles. The summed E-state index contributed by atoms with van der Waals surface area (Å²) in [5.41, 5.74) is 1.70. The number of carbonyl (C=O) groups is 1. The van der Waals surface area contributed by atoms with Crippen molar-refractivity contribution in [1.82, 2.24) is 5.32 Å². The van der Waals surface area contributed by atoms with E-state index in [-0.39, 0.29) is 51.7 Å². The van der Waals surface area contributed by atoms with Crippen molar-refractivity contribution in [3.63, 3.8) is 0 Å². The lowest BCUT2D eigenvalue weighted by molar-refractivity contribution is -0.189. The van der Waals surface area contributed by atoms with Crippen LogP contribution in [0.5, 0.6) is 0 Å². The number of hydrogen-bond donors (Lipinski definition) is 3. The van der Waals surface area contributed by atoms with E-state index in [2.05, 4.69) is 59.9 Å². The summed E-state index contributed by atoms with van der Waals surface area (Å²) >= 11 is 0. The molecule has 0 aliphatic heterocycles. The summed E-state index contributed by atoms with van der Waals surface area (Å²) in [5.74, 6) is 1.32. The molecule has 4 nitrogen and oxygen atoms in total. The number of fused-ring (bicyclic) bond motifs is 7. The van der Waals surface area contributed by atoms with Gasteiger partial charge in [0.25, 0.3) is 0 Å². The summed E-state index contributed by atoms with van der Waals surface area (Å²) in [4.78, 5) is 14.3. The van der Waals surface area contributed by atoms with Gasteiger partial charge in [-0.05, 0) is 108 Å². The maximum Gasteiger partial charge on any atom is 0.159 e. The topological polar surface area (TPSA) is 69.6 Å². The first-order chi connectivity index (χ1) is 16.2. The normalized spacial score (nSPS) is 53.1. The SMILES string of the molecule is CC1(C)[C@@H](NCO)CC[C@]2(C)[C@H]3C(=O)C=C4[C@@H]5C[C@](C)(CO)CC[C@]5(C)CC[C@@]4(C)[C@]3(C)CC[C@@H]12. The molecule has 0 unspecified atom stereocenters. The van der Waals surface area contributed by atoms with Crippen LogP contribution in [0.4, 0.5) is 0 Å².